The summed E-state index contributed by atoms with van der Waals surface area (Å²) in [6, 6.07) is 32.1. The fraction of sp³-hybridized carbons (Fsp3) is 0.120. The topological polar surface area (TPSA) is 12.0 Å². The lowest BCUT2D eigenvalue weighted by Gasteiger charge is -2.18. The van der Waals surface area contributed by atoms with Crippen molar-refractivity contribution in [1.82, 2.24) is 0 Å². The molecule has 0 amide bonds. The van der Waals surface area contributed by atoms with E-state index in [-0.39, 0.29) is 6.04 Å². The fourth-order valence-electron chi connectivity index (χ4n) is 3.88. The lowest BCUT2D eigenvalue weighted by atomic mass is 9.92. The first-order chi connectivity index (χ1) is 12.8. The number of nitrogens with one attached hydrogen (secondary N) is 1. The Kier molecular flexibility index (Phi) is 4.45. The first kappa shape index (κ1) is 16.4. The molecule has 0 bridgehead atoms. The van der Waals surface area contributed by atoms with Crippen molar-refractivity contribution < 1.29 is 0 Å². The molecule has 4 rings (SSSR count). The maximum absolute atomic E-state index is 3.72. The second-order valence-electron chi connectivity index (χ2n) is 6.79. The molecule has 0 atom stereocenters. The SMILES string of the molecule is CC1=C(c2ccccc2)C(c2ccccc2)=C(C)C1Nc1ccccc1. The third kappa shape index (κ3) is 2.97. The van der Waals surface area contributed by atoms with Gasteiger partial charge >= 0.3 is 0 Å². The van der Waals surface area contributed by atoms with E-state index in [1.54, 1.807) is 0 Å². The number of hydrogen-bond acceptors (Lipinski definition) is 1. The van der Waals surface area contributed by atoms with Gasteiger partial charge in [0.05, 0.1) is 6.04 Å². The van der Waals surface area contributed by atoms with Crippen LogP contribution in [0.15, 0.2) is 102 Å². The molecular weight excluding hydrogens is 314 g/mol. The van der Waals surface area contributed by atoms with E-state index in [1.165, 1.54) is 33.4 Å². The molecule has 0 heterocycles. The minimum Gasteiger partial charge on any atom is -0.375 e. The quantitative estimate of drug-likeness (QED) is 0.578. The minimum absolute atomic E-state index is 0.211. The Morgan fingerprint density at radius 2 is 0.923 bits per heavy atom. The highest BCUT2D eigenvalue weighted by atomic mass is 14.9. The summed E-state index contributed by atoms with van der Waals surface area (Å²) in [5.74, 6) is 0. The van der Waals surface area contributed by atoms with E-state index in [1.807, 2.05) is 0 Å². The Balaban J connectivity index is 1.85. The molecule has 0 spiro atoms. The van der Waals surface area contributed by atoms with Gasteiger partial charge in [0.2, 0.25) is 0 Å². The van der Waals surface area contributed by atoms with E-state index < -0.39 is 0 Å². The molecule has 0 saturated heterocycles. The Bertz CT molecular complexity index is 889. The molecule has 1 heteroatoms. The lowest BCUT2D eigenvalue weighted by molar-refractivity contribution is 0.974. The van der Waals surface area contributed by atoms with Crippen LogP contribution in [0.4, 0.5) is 5.69 Å². The second kappa shape index (κ2) is 7.05. The van der Waals surface area contributed by atoms with Crippen LogP contribution in [0.5, 0.6) is 0 Å². The van der Waals surface area contributed by atoms with E-state index in [4.69, 9.17) is 0 Å². The Labute approximate surface area is 155 Å². The van der Waals surface area contributed by atoms with Gasteiger partial charge in [-0.15, -0.1) is 0 Å². The largest absolute Gasteiger partial charge is 0.375 e. The van der Waals surface area contributed by atoms with Crippen LogP contribution in [-0.2, 0) is 0 Å². The summed E-state index contributed by atoms with van der Waals surface area (Å²) in [6.45, 7) is 4.50. The number of rotatable bonds is 4. The second-order valence-corrected chi connectivity index (χ2v) is 6.79. The van der Waals surface area contributed by atoms with E-state index in [0.717, 1.165) is 5.69 Å². The monoisotopic (exact) mass is 337 g/mol. The number of anilines is 1. The number of para-hydroxylation sites is 1. The zero-order valence-corrected chi connectivity index (χ0v) is 15.2. The standard InChI is InChI=1S/C25H23N/c1-18-23(20-12-6-3-7-13-20)24(21-14-8-4-9-15-21)19(2)25(18)26-22-16-10-5-11-17-22/h3-17,25-26H,1-2H3. The van der Waals surface area contributed by atoms with Gasteiger partial charge in [0.15, 0.2) is 0 Å². The normalized spacial score (nSPS) is 14.8. The van der Waals surface area contributed by atoms with Crippen LogP contribution in [-0.4, -0.2) is 6.04 Å². The first-order valence-corrected chi connectivity index (χ1v) is 9.10. The maximum Gasteiger partial charge on any atom is 0.0700 e. The van der Waals surface area contributed by atoms with Crippen LogP contribution < -0.4 is 5.32 Å². The molecular formula is C25H23N. The number of hydrogen-bond donors (Lipinski definition) is 1. The molecule has 0 fully saturated rings. The molecule has 26 heavy (non-hydrogen) atoms. The molecule has 0 unspecified atom stereocenters. The summed E-state index contributed by atoms with van der Waals surface area (Å²) in [4.78, 5) is 0. The number of benzene rings is 3. The van der Waals surface area contributed by atoms with E-state index in [0.29, 0.717) is 0 Å². The lowest BCUT2D eigenvalue weighted by Crippen LogP contribution is -2.20. The average Bonchev–Trinajstić information content (AvgIpc) is 2.95. The first-order valence-electron chi connectivity index (χ1n) is 9.10. The molecule has 0 saturated carbocycles. The van der Waals surface area contributed by atoms with Crippen LogP contribution >= 0.6 is 0 Å². The maximum atomic E-state index is 3.72. The predicted molar refractivity (Wildman–Crippen MR) is 112 cm³/mol. The van der Waals surface area contributed by atoms with Crippen LogP contribution in [0.2, 0.25) is 0 Å². The van der Waals surface area contributed by atoms with Gasteiger partial charge in [-0.2, -0.15) is 0 Å². The van der Waals surface area contributed by atoms with Crippen molar-refractivity contribution >= 4 is 16.8 Å². The van der Waals surface area contributed by atoms with Crippen molar-refractivity contribution in [2.24, 2.45) is 0 Å². The Morgan fingerprint density at radius 1 is 0.538 bits per heavy atom. The van der Waals surface area contributed by atoms with Crippen molar-refractivity contribution in [2.75, 3.05) is 5.32 Å². The van der Waals surface area contributed by atoms with Crippen molar-refractivity contribution in [1.29, 1.82) is 0 Å². The van der Waals surface area contributed by atoms with E-state index in [2.05, 4.69) is 110 Å². The smallest absolute Gasteiger partial charge is 0.0700 e. The van der Waals surface area contributed by atoms with Crippen LogP contribution in [0, 0.1) is 0 Å². The fourth-order valence-corrected chi connectivity index (χ4v) is 3.88. The zero-order chi connectivity index (χ0) is 17.9. The minimum atomic E-state index is 0.211. The molecule has 3 aromatic carbocycles. The van der Waals surface area contributed by atoms with E-state index >= 15 is 0 Å². The summed E-state index contributed by atoms with van der Waals surface area (Å²) in [7, 11) is 0. The van der Waals surface area contributed by atoms with Gasteiger partial charge in [-0.3, -0.25) is 0 Å². The molecule has 1 N–H and O–H groups in total. The number of allylic oxidation sites excluding steroid dienone is 2. The molecule has 0 radical (unpaired) electrons. The van der Waals surface area contributed by atoms with Crippen molar-refractivity contribution in [3.8, 4) is 0 Å². The molecule has 1 aliphatic rings. The highest BCUT2D eigenvalue weighted by molar-refractivity contribution is 6.11. The van der Waals surface area contributed by atoms with Crippen molar-refractivity contribution in [3.05, 3.63) is 113 Å². The molecule has 0 aromatic heterocycles. The van der Waals surface area contributed by atoms with Gasteiger partial charge in [0.1, 0.15) is 0 Å². The van der Waals surface area contributed by atoms with Crippen LogP contribution in [0.3, 0.4) is 0 Å². The summed E-state index contributed by atoms with van der Waals surface area (Å²) >= 11 is 0. The molecule has 128 valence electrons. The van der Waals surface area contributed by atoms with Gasteiger partial charge in [-0.1, -0.05) is 78.9 Å². The summed E-state index contributed by atoms with van der Waals surface area (Å²) in [6.07, 6.45) is 0. The average molecular weight is 337 g/mol. The van der Waals surface area contributed by atoms with Crippen LogP contribution in [0.25, 0.3) is 11.1 Å². The predicted octanol–water partition coefficient (Wildman–Crippen LogP) is 6.43. The van der Waals surface area contributed by atoms with Gasteiger partial charge in [-0.05, 0) is 59.4 Å². The third-order valence-electron chi connectivity index (χ3n) is 5.11. The van der Waals surface area contributed by atoms with Crippen molar-refractivity contribution in [3.63, 3.8) is 0 Å². The highest BCUT2D eigenvalue weighted by Crippen LogP contribution is 2.45. The van der Waals surface area contributed by atoms with Gasteiger partial charge in [0, 0.05) is 5.69 Å². The summed E-state index contributed by atoms with van der Waals surface area (Å²) in [5, 5.41) is 3.72. The van der Waals surface area contributed by atoms with Crippen molar-refractivity contribution in [2.45, 2.75) is 19.9 Å². The van der Waals surface area contributed by atoms with Gasteiger partial charge < -0.3 is 5.32 Å². The summed E-state index contributed by atoms with van der Waals surface area (Å²) in [5.41, 5.74) is 9.15. The Hall–Kier alpha value is -3.06. The zero-order valence-electron chi connectivity index (χ0n) is 15.2. The van der Waals surface area contributed by atoms with E-state index in [9.17, 15) is 0 Å². The van der Waals surface area contributed by atoms with Gasteiger partial charge in [0.25, 0.3) is 0 Å². The highest BCUT2D eigenvalue weighted by Gasteiger charge is 2.30. The Morgan fingerprint density at radius 3 is 1.35 bits per heavy atom. The molecule has 0 aliphatic heterocycles. The van der Waals surface area contributed by atoms with Gasteiger partial charge in [-0.25, -0.2) is 0 Å². The summed E-state index contributed by atoms with van der Waals surface area (Å²) < 4.78 is 0. The molecule has 1 aliphatic carbocycles. The third-order valence-corrected chi connectivity index (χ3v) is 5.11. The molecule has 1 nitrogen and oxygen atoms in total. The van der Waals surface area contributed by atoms with Crippen LogP contribution in [0.1, 0.15) is 25.0 Å². The molecule has 3 aromatic rings.